The van der Waals surface area contributed by atoms with Gasteiger partial charge in [0, 0.05) is 79.7 Å². The molecular formula is C43H54N3O14S3+. The molecule has 2 atom stereocenters. The standard InChI is InChI=1S/C43H53N3O14S3/c1-5-44-35-20-18-31(62(53,54)55)29-33(35)43(3,25-27-59-4)37(44)15-10-7-6-8-11-16-38-42(2,24-14-28-61(50,51)52)34-30-32(63(56,57)58)19-21-36(34)45(38)26-13-9-12-17-41(49)60-46-39(47)22-23-40(46)48/h6-8,10-11,15-16,18-23,29-30H,5,9,12-14,17,24-28H2,1-4H3,(H4-,47,48,50,51,52,53,54,55,56,57,58)/p+1. The van der Waals surface area contributed by atoms with E-state index in [1.54, 1.807) is 37.5 Å². The van der Waals surface area contributed by atoms with Crippen LogP contribution in [0.15, 0.2) is 107 Å². The first-order valence-corrected chi connectivity index (χ1v) is 24.7. The first-order valence-electron chi connectivity index (χ1n) is 20.2. The Balaban J connectivity index is 1.43. The zero-order chi connectivity index (χ0) is 46.4. The fourth-order valence-electron chi connectivity index (χ4n) is 8.25. The van der Waals surface area contributed by atoms with Crippen molar-refractivity contribution in [1.29, 1.82) is 0 Å². The molecule has 0 saturated heterocycles. The van der Waals surface area contributed by atoms with Gasteiger partial charge in [-0.05, 0) is 94.8 Å². The van der Waals surface area contributed by atoms with Crippen molar-refractivity contribution in [3.05, 3.63) is 108 Å². The summed E-state index contributed by atoms with van der Waals surface area (Å²) in [4.78, 5) is 19.0. The summed E-state index contributed by atoms with van der Waals surface area (Å²) in [6, 6.07) is 11.1. The molecule has 2 aromatic carbocycles. The second-order valence-electron chi connectivity index (χ2n) is 15.7. The molecule has 0 saturated carbocycles. The molecule has 0 aliphatic carbocycles. The maximum Gasteiger partial charge on any atom is 0.333 e. The molecule has 2 aliphatic heterocycles. The number of benzene rings is 2. The van der Waals surface area contributed by atoms with E-state index in [9.17, 15) is 53.9 Å². The molecule has 2 aliphatic rings. The topological polar surface area (TPSA) is 250 Å². The third-order valence-corrected chi connectivity index (χ3v) is 13.9. The zero-order valence-corrected chi connectivity index (χ0v) is 37.9. The quantitative estimate of drug-likeness (QED) is 0.0355. The predicted octanol–water partition coefficient (Wildman–Crippen LogP) is 6.02. The molecule has 1 aromatic heterocycles. The Hall–Kier alpha value is -5.09. The van der Waals surface area contributed by atoms with E-state index in [-0.39, 0.29) is 29.1 Å². The Bertz CT molecular complexity index is 2680. The molecule has 20 heteroatoms. The van der Waals surface area contributed by atoms with Gasteiger partial charge in [-0.1, -0.05) is 30.4 Å². The molecule has 0 bridgehead atoms. The molecular weight excluding hydrogens is 879 g/mol. The van der Waals surface area contributed by atoms with Crippen molar-refractivity contribution in [2.24, 2.45) is 0 Å². The van der Waals surface area contributed by atoms with Gasteiger partial charge in [-0.15, -0.1) is 4.73 Å². The summed E-state index contributed by atoms with van der Waals surface area (Å²) >= 11 is 0. The number of carbonyl (C=O) groups is 1. The van der Waals surface area contributed by atoms with E-state index in [0.29, 0.717) is 67.1 Å². The van der Waals surface area contributed by atoms with Crippen molar-refractivity contribution in [2.45, 2.75) is 86.3 Å². The molecule has 0 spiro atoms. The number of ether oxygens (including phenoxy) is 1. The monoisotopic (exact) mass is 932 g/mol. The van der Waals surface area contributed by atoms with Crippen LogP contribution in [0.25, 0.3) is 0 Å². The van der Waals surface area contributed by atoms with Gasteiger partial charge in [0.15, 0.2) is 5.71 Å². The maximum absolute atomic E-state index is 12.4. The lowest BCUT2D eigenvalue weighted by Crippen LogP contribution is -2.32. The Morgan fingerprint density at radius 2 is 1.38 bits per heavy atom. The second-order valence-corrected chi connectivity index (χ2v) is 20.1. The van der Waals surface area contributed by atoms with Crippen LogP contribution in [0.4, 0.5) is 11.4 Å². The smallest absolute Gasteiger partial charge is 0.333 e. The average Bonchev–Trinajstić information content (AvgIpc) is 3.74. The van der Waals surface area contributed by atoms with E-state index >= 15 is 0 Å². The number of carbonyl (C=O) groups excluding carboxylic acids is 1. The highest BCUT2D eigenvalue weighted by molar-refractivity contribution is 7.86. The molecule has 17 nitrogen and oxygen atoms in total. The van der Waals surface area contributed by atoms with Gasteiger partial charge in [-0.25, -0.2) is 4.79 Å². The normalized spacial score (nSPS) is 19.9. The minimum Gasteiger partial charge on any atom is -0.492 e. The van der Waals surface area contributed by atoms with Crippen LogP contribution in [0.2, 0.25) is 0 Å². The molecule has 63 heavy (non-hydrogen) atoms. The van der Waals surface area contributed by atoms with Gasteiger partial charge >= 0.3 is 5.97 Å². The average molecular weight is 933 g/mol. The highest BCUT2D eigenvalue weighted by Crippen LogP contribution is 2.50. The van der Waals surface area contributed by atoms with Crippen LogP contribution in [-0.4, -0.2) is 103 Å². The number of unbranched alkanes of at least 4 members (excludes halogenated alkanes) is 2. The molecule has 5 N–H and O–H groups in total. The van der Waals surface area contributed by atoms with Crippen molar-refractivity contribution in [3.63, 3.8) is 0 Å². The van der Waals surface area contributed by atoms with Crippen molar-refractivity contribution in [1.82, 2.24) is 4.73 Å². The van der Waals surface area contributed by atoms with Gasteiger partial charge in [-0.3, -0.25) is 13.7 Å². The Morgan fingerprint density at radius 1 is 0.762 bits per heavy atom. The third-order valence-electron chi connectivity index (χ3n) is 11.4. The summed E-state index contributed by atoms with van der Waals surface area (Å²) in [5, 5.41) is 19.5. The minimum atomic E-state index is -4.61. The van der Waals surface area contributed by atoms with E-state index in [2.05, 4.69) is 4.90 Å². The predicted molar refractivity (Wildman–Crippen MR) is 235 cm³/mol. The summed E-state index contributed by atoms with van der Waals surface area (Å²) in [6.45, 7) is 7.18. The highest BCUT2D eigenvalue weighted by Gasteiger charge is 2.48. The first-order chi connectivity index (χ1) is 29.5. The maximum atomic E-state index is 12.4. The molecule has 342 valence electrons. The summed E-state index contributed by atoms with van der Waals surface area (Å²) in [6.07, 6.45) is 15.0. The fraction of sp³-hybridized carbons (Fsp3) is 0.395. The molecule has 0 fully saturated rings. The van der Waals surface area contributed by atoms with Gasteiger partial charge < -0.3 is 24.7 Å². The van der Waals surface area contributed by atoms with Crippen LogP contribution < -0.4 is 9.74 Å². The van der Waals surface area contributed by atoms with E-state index in [4.69, 9.17) is 9.57 Å². The van der Waals surface area contributed by atoms with Gasteiger partial charge in [-0.2, -0.15) is 29.8 Å². The van der Waals surface area contributed by atoms with E-state index < -0.39 is 64.7 Å². The molecule has 0 amide bonds. The largest absolute Gasteiger partial charge is 0.492 e. The third kappa shape index (κ3) is 11.4. The lowest BCUT2D eigenvalue weighted by Gasteiger charge is -2.29. The first kappa shape index (κ1) is 48.9. The zero-order valence-electron chi connectivity index (χ0n) is 35.4. The second kappa shape index (κ2) is 19.7. The van der Waals surface area contributed by atoms with E-state index in [1.165, 1.54) is 36.4 Å². The SMILES string of the molecule is CCN1C(=CC=CC=CC=CC2=[N+](CCCCCC(=O)On3c(O)ccc3O)c3ccc(S(=O)(=O)O)cc3C2(C)CCCS(=O)(=O)O)C(C)(CCOC)c2cc(S(=O)(=O)O)ccc21. The van der Waals surface area contributed by atoms with Crippen LogP contribution in [0.1, 0.15) is 76.8 Å². The Kier molecular flexibility index (Phi) is 15.3. The van der Waals surface area contributed by atoms with Gasteiger partial charge in [0.25, 0.3) is 30.4 Å². The van der Waals surface area contributed by atoms with Crippen molar-refractivity contribution in [2.75, 3.05) is 37.5 Å². The highest BCUT2D eigenvalue weighted by atomic mass is 32.2. The molecule has 5 rings (SSSR count). The number of nitrogens with zero attached hydrogens (tertiary/aromatic N) is 3. The number of fused-ring (bicyclic) bond motifs is 2. The van der Waals surface area contributed by atoms with Crippen LogP contribution in [0.5, 0.6) is 11.8 Å². The molecule has 3 heterocycles. The number of aromatic nitrogens is 1. The number of hydrogen-bond acceptors (Lipinski definition) is 12. The number of rotatable bonds is 21. The van der Waals surface area contributed by atoms with E-state index in [0.717, 1.165) is 16.9 Å². The number of allylic oxidation sites excluding steroid dienone is 8. The number of hydrogen-bond donors (Lipinski definition) is 5. The number of methoxy groups -OCH3 is 1. The molecule has 0 radical (unpaired) electrons. The number of aromatic hydroxyl groups is 2. The summed E-state index contributed by atoms with van der Waals surface area (Å²) in [7, 11) is -11.8. The number of likely N-dealkylation sites (N-methyl/N-ethyl adjacent to an activating group) is 1. The fourth-order valence-corrected chi connectivity index (χ4v) is 9.77. The molecule has 3 aromatic rings. The summed E-state index contributed by atoms with van der Waals surface area (Å²) < 4.78 is 109. The lowest BCUT2D eigenvalue weighted by atomic mass is 9.76. The van der Waals surface area contributed by atoms with Crippen molar-refractivity contribution >= 4 is 53.4 Å². The van der Waals surface area contributed by atoms with Crippen molar-refractivity contribution < 1.29 is 68.1 Å². The Labute approximate surface area is 368 Å². The summed E-state index contributed by atoms with van der Waals surface area (Å²) in [5.74, 6) is -2.09. The van der Waals surface area contributed by atoms with Crippen LogP contribution in [-0.2, 0) is 50.7 Å². The molecule has 2 unspecified atom stereocenters. The number of anilines is 1. The van der Waals surface area contributed by atoms with Crippen LogP contribution in [0.3, 0.4) is 0 Å². The van der Waals surface area contributed by atoms with E-state index in [1.807, 2.05) is 49.7 Å². The summed E-state index contributed by atoms with van der Waals surface area (Å²) in [5.41, 5.74) is 2.67. The van der Waals surface area contributed by atoms with Crippen LogP contribution >= 0.6 is 0 Å². The van der Waals surface area contributed by atoms with Gasteiger partial charge in [0.1, 0.15) is 6.54 Å². The van der Waals surface area contributed by atoms with Crippen molar-refractivity contribution in [3.8, 4) is 11.8 Å². The minimum absolute atomic E-state index is 0.0189. The van der Waals surface area contributed by atoms with Gasteiger partial charge in [0.05, 0.1) is 21.0 Å². The van der Waals surface area contributed by atoms with Gasteiger partial charge in [0.2, 0.25) is 17.4 Å². The Morgan fingerprint density at radius 3 is 2.00 bits per heavy atom. The lowest BCUT2D eigenvalue weighted by molar-refractivity contribution is -0.438. The van der Waals surface area contributed by atoms with Crippen LogP contribution in [0, 0.1) is 0 Å².